The van der Waals surface area contributed by atoms with Gasteiger partial charge in [0, 0.05) is 38.4 Å². The van der Waals surface area contributed by atoms with E-state index in [1.807, 2.05) is 26.8 Å². The summed E-state index contributed by atoms with van der Waals surface area (Å²) < 4.78 is 0. The van der Waals surface area contributed by atoms with Gasteiger partial charge < -0.3 is 9.80 Å². The van der Waals surface area contributed by atoms with Gasteiger partial charge in [0.15, 0.2) is 0 Å². The standard InChI is InChI=1S/C15H22N2O.C2H6/c1-12-11-13(17-9-5-4-6-10-17)7-8-14(12)15(18)16(2)3;1-2/h7-8,11H,4-6,9-10H2,1-3H3;1-2H3. The van der Waals surface area contributed by atoms with Crippen LogP contribution in [0.3, 0.4) is 0 Å². The number of rotatable bonds is 2. The third kappa shape index (κ3) is 3.99. The van der Waals surface area contributed by atoms with E-state index in [9.17, 15) is 4.79 Å². The van der Waals surface area contributed by atoms with Crippen LogP contribution in [-0.4, -0.2) is 38.0 Å². The van der Waals surface area contributed by atoms with E-state index < -0.39 is 0 Å². The average Bonchev–Trinajstić information content (AvgIpc) is 2.49. The lowest BCUT2D eigenvalue weighted by molar-refractivity contribution is 0.0827. The summed E-state index contributed by atoms with van der Waals surface area (Å²) in [7, 11) is 3.58. The molecular weight excluding hydrogens is 248 g/mol. The Morgan fingerprint density at radius 1 is 1.10 bits per heavy atom. The summed E-state index contributed by atoms with van der Waals surface area (Å²) in [5.41, 5.74) is 3.13. The smallest absolute Gasteiger partial charge is 0.253 e. The Kier molecular flexibility index (Phi) is 6.56. The SMILES string of the molecule is CC.Cc1cc(N2CCCCC2)ccc1C(=O)N(C)C. The van der Waals surface area contributed by atoms with Crippen molar-refractivity contribution in [3.63, 3.8) is 0 Å². The van der Waals surface area contributed by atoms with E-state index in [4.69, 9.17) is 0 Å². The second-order valence-electron chi connectivity index (χ2n) is 5.25. The van der Waals surface area contributed by atoms with Crippen LogP contribution in [0.25, 0.3) is 0 Å². The Bertz CT molecular complexity index is 435. The quantitative estimate of drug-likeness (QED) is 0.822. The molecule has 1 heterocycles. The summed E-state index contributed by atoms with van der Waals surface area (Å²) in [6, 6.07) is 6.18. The van der Waals surface area contributed by atoms with Crippen molar-refractivity contribution in [3.05, 3.63) is 29.3 Å². The number of nitrogens with zero attached hydrogens (tertiary/aromatic N) is 2. The molecule has 112 valence electrons. The maximum Gasteiger partial charge on any atom is 0.253 e. The summed E-state index contributed by atoms with van der Waals surface area (Å²) in [6.45, 7) is 8.30. The molecule has 1 aliphatic heterocycles. The van der Waals surface area contributed by atoms with Crippen molar-refractivity contribution in [1.82, 2.24) is 4.90 Å². The molecule has 20 heavy (non-hydrogen) atoms. The van der Waals surface area contributed by atoms with Crippen molar-refractivity contribution in [2.24, 2.45) is 0 Å². The van der Waals surface area contributed by atoms with E-state index in [1.54, 1.807) is 19.0 Å². The summed E-state index contributed by atoms with van der Waals surface area (Å²) in [5, 5.41) is 0. The summed E-state index contributed by atoms with van der Waals surface area (Å²) >= 11 is 0. The van der Waals surface area contributed by atoms with Crippen LogP contribution in [0.4, 0.5) is 5.69 Å². The lowest BCUT2D eigenvalue weighted by atomic mass is 10.0. The van der Waals surface area contributed by atoms with Crippen LogP contribution in [-0.2, 0) is 0 Å². The van der Waals surface area contributed by atoms with E-state index in [1.165, 1.54) is 24.9 Å². The normalized spacial score (nSPS) is 14.3. The monoisotopic (exact) mass is 276 g/mol. The number of carbonyl (C=O) groups is 1. The molecule has 0 aliphatic carbocycles. The number of hydrogen-bond acceptors (Lipinski definition) is 2. The molecule has 0 radical (unpaired) electrons. The fourth-order valence-corrected chi connectivity index (χ4v) is 2.48. The van der Waals surface area contributed by atoms with Crippen molar-refractivity contribution in [1.29, 1.82) is 0 Å². The first-order chi connectivity index (χ1) is 9.59. The van der Waals surface area contributed by atoms with Crippen molar-refractivity contribution in [2.75, 3.05) is 32.1 Å². The highest BCUT2D eigenvalue weighted by atomic mass is 16.2. The third-order valence-electron chi connectivity index (χ3n) is 3.57. The van der Waals surface area contributed by atoms with Crippen molar-refractivity contribution < 1.29 is 4.79 Å². The minimum absolute atomic E-state index is 0.0812. The molecule has 3 nitrogen and oxygen atoms in total. The van der Waals surface area contributed by atoms with Gasteiger partial charge in [-0.25, -0.2) is 0 Å². The lowest BCUT2D eigenvalue weighted by Crippen LogP contribution is -2.29. The van der Waals surface area contributed by atoms with Crippen LogP contribution >= 0.6 is 0 Å². The zero-order valence-corrected chi connectivity index (χ0v) is 13.6. The number of carbonyl (C=O) groups excluding carboxylic acids is 1. The topological polar surface area (TPSA) is 23.6 Å². The summed E-state index contributed by atoms with van der Waals surface area (Å²) in [4.78, 5) is 16.0. The fraction of sp³-hybridized carbons (Fsp3) is 0.588. The van der Waals surface area contributed by atoms with Crippen LogP contribution < -0.4 is 4.90 Å². The fourth-order valence-electron chi connectivity index (χ4n) is 2.48. The first-order valence-electron chi connectivity index (χ1n) is 7.67. The maximum absolute atomic E-state index is 12.0. The Balaban J connectivity index is 0.000000956. The Hall–Kier alpha value is -1.51. The van der Waals surface area contributed by atoms with Gasteiger partial charge in [-0.3, -0.25) is 4.79 Å². The molecule has 1 aliphatic rings. The van der Waals surface area contributed by atoms with E-state index >= 15 is 0 Å². The van der Waals surface area contributed by atoms with Gasteiger partial charge in [0.25, 0.3) is 5.91 Å². The van der Waals surface area contributed by atoms with Crippen LogP contribution in [0.2, 0.25) is 0 Å². The zero-order valence-electron chi connectivity index (χ0n) is 13.6. The molecule has 1 aromatic carbocycles. The van der Waals surface area contributed by atoms with E-state index in [2.05, 4.69) is 17.0 Å². The number of amides is 1. The molecule has 1 saturated heterocycles. The minimum atomic E-state index is 0.0812. The summed E-state index contributed by atoms with van der Waals surface area (Å²) in [5.74, 6) is 0.0812. The molecule has 2 rings (SSSR count). The second kappa shape index (κ2) is 7.93. The highest BCUT2D eigenvalue weighted by molar-refractivity contribution is 5.95. The molecule has 0 aromatic heterocycles. The van der Waals surface area contributed by atoms with Crippen molar-refractivity contribution in [2.45, 2.75) is 40.0 Å². The van der Waals surface area contributed by atoms with E-state index in [0.29, 0.717) is 0 Å². The molecule has 0 saturated carbocycles. The van der Waals surface area contributed by atoms with E-state index in [0.717, 1.165) is 24.2 Å². The predicted molar refractivity (Wildman–Crippen MR) is 86.6 cm³/mol. The van der Waals surface area contributed by atoms with Crippen LogP contribution in [0, 0.1) is 6.92 Å². The third-order valence-corrected chi connectivity index (χ3v) is 3.57. The highest BCUT2D eigenvalue weighted by Gasteiger charge is 2.15. The molecule has 0 N–H and O–H groups in total. The predicted octanol–water partition coefficient (Wildman–Crippen LogP) is 3.71. The van der Waals surface area contributed by atoms with Gasteiger partial charge in [-0.05, 0) is 49.9 Å². The first kappa shape index (κ1) is 16.5. The molecule has 0 spiro atoms. The van der Waals surface area contributed by atoms with Gasteiger partial charge in [-0.15, -0.1) is 0 Å². The molecule has 1 aromatic rings. The first-order valence-corrected chi connectivity index (χ1v) is 7.67. The molecular formula is C17H28N2O. The number of benzene rings is 1. The number of hydrogen-bond donors (Lipinski definition) is 0. The van der Waals surface area contributed by atoms with Gasteiger partial charge in [0.2, 0.25) is 0 Å². The molecule has 0 atom stereocenters. The Morgan fingerprint density at radius 3 is 2.20 bits per heavy atom. The van der Waals surface area contributed by atoms with Crippen LogP contribution in [0.15, 0.2) is 18.2 Å². The van der Waals surface area contributed by atoms with Crippen molar-refractivity contribution >= 4 is 11.6 Å². The molecule has 3 heteroatoms. The average molecular weight is 276 g/mol. The molecule has 1 fully saturated rings. The zero-order chi connectivity index (χ0) is 15.1. The molecule has 1 amide bonds. The molecule has 0 bridgehead atoms. The lowest BCUT2D eigenvalue weighted by Gasteiger charge is -2.29. The number of anilines is 1. The second-order valence-corrected chi connectivity index (χ2v) is 5.25. The molecule has 0 unspecified atom stereocenters. The van der Waals surface area contributed by atoms with Crippen molar-refractivity contribution in [3.8, 4) is 0 Å². The van der Waals surface area contributed by atoms with Gasteiger partial charge in [-0.2, -0.15) is 0 Å². The van der Waals surface area contributed by atoms with Gasteiger partial charge in [-0.1, -0.05) is 13.8 Å². The van der Waals surface area contributed by atoms with Crippen LogP contribution in [0.1, 0.15) is 49.0 Å². The Morgan fingerprint density at radius 2 is 1.70 bits per heavy atom. The number of piperidine rings is 1. The highest BCUT2D eigenvalue weighted by Crippen LogP contribution is 2.23. The van der Waals surface area contributed by atoms with Gasteiger partial charge in [0.05, 0.1) is 0 Å². The van der Waals surface area contributed by atoms with Crippen LogP contribution in [0.5, 0.6) is 0 Å². The van der Waals surface area contributed by atoms with Gasteiger partial charge >= 0.3 is 0 Å². The largest absolute Gasteiger partial charge is 0.372 e. The van der Waals surface area contributed by atoms with Gasteiger partial charge in [0.1, 0.15) is 0 Å². The maximum atomic E-state index is 12.0. The van der Waals surface area contributed by atoms with E-state index in [-0.39, 0.29) is 5.91 Å². The minimum Gasteiger partial charge on any atom is -0.372 e. The summed E-state index contributed by atoms with van der Waals surface area (Å²) in [6.07, 6.45) is 3.89. The Labute approximate surface area is 123 Å². The number of aryl methyl sites for hydroxylation is 1.